The van der Waals surface area contributed by atoms with Crippen molar-refractivity contribution in [1.29, 1.82) is 0 Å². The van der Waals surface area contributed by atoms with Crippen LogP contribution in [0.15, 0.2) is 47.4 Å². The van der Waals surface area contributed by atoms with Crippen molar-refractivity contribution >= 4 is 17.2 Å². The predicted octanol–water partition coefficient (Wildman–Crippen LogP) is 2.01. The van der Waals surface area contributed by atoms with Gasteiger partial charge in [0, 0.05) is 24.7 Å². The summed E-state index contributed by atoms with van der Waals surface area (Å²) in [5.41, 5.74) is 2.19. The quantitative estimate of drug-likeness (QED) is 0.751. The molecule has 0 saturated heterocycles. The van der Waals surface area contributed by atoms with Crippen molar-refractivity contribution in [1.82, 2.24) is 20.1 Å². The Kier molecular flexibility index (Phi) is 4.50. The maximum Gasteiger partial charge on any atom is 0.251 e. The molecule has 1 amide bonds. The second-order valence-corrected chi connectivity index (χ2v) is 5.88. The monoisotopic (exact) mass is 328 g/mol. The fraction of sp³-hybridized carbons (Fsp3) is 0.188. The first-order valence-electron chi connectivity index (χ1n) is 7.08. The van der Waals surface area contributed by atoms with Crippen LogP contribution in [-0.2, 0) is 7.05 Å². The number of amides is 1. The summed E-state index contributed by atoms with van der Waals surface area (Å²) in [7, 11) is 1.80. The van der Waals surface area contributed by atoms with Gasteiger partial charge in [0.2, 0.25) is 0 Å². The Morgan fingerprint density at radius 3 is 2.74 bits per heavy atom. The van der Waals surface area contributed by atoms with Gasteiger partial charge in [0.1, 0.15) is 6.33 Å². The van der Waals surface area contributed by atoms with Crippen molar-refractivity contribution in [2.75, 3.05) is 6.54 Å². The van der Waals surface area contributed by atoms with E-state index in [1.165, 1.54) is 11.3 Å². The predicted molar refractivity (Wildman–Crippen MR) is 88.1 cm³/mol. The number of hydrogen-bond donors (Lipinski definition) is 2. The summed E-state index contributed by atoms with van der Waals surface area (Å²) in [6, 6.07) is 8.89. The third-order valence-electron chi connectivity index (χ3n) is 3.39. The number of hydrogen-bond acceptors (Lipinski definition) is 5. The van der Waals surface area contributed by atoms with Gasteiger partial charge < -0.3 is 10.4 Å². The Balaban J connectivity index is 1.61. The molecular formula is C16H16N4O2S. The topological polar surface area (TPSA) is 80.0 Å². The third kappa shape index (κ3) is 3.64. The number of carbonyl (C=O) groups is 1. The number of thiophene rings is 1. The summed E-state index contributed by atoms with van der Waals surface area (Å²) in [4.78, 5) is 16.3. The molecule has 0 spiro atoms. The van der Waals surface area contributed by atoms with Crippen LogP contribution in [0.25, 0.3) is 11.4 Å². The van der Waals surface area contributed by atoms with Gasteiger partial charge in [-0.1, -0.05) is 12.1 Å². The smallest absolute Gasteiger partial charge is 0.251 e. The number of nitrogens with zero attached hydrogens (tertiary/aromatic N) is 3. The van der Waals surface area contributed by atoms with E-state index < -0.39 is 6.10 Å². The van der Waals surface area contributed by atoms with E-state index in [-0.39, 0.29) is 12.5 Å². The minimum absolute atomic E-state index is 0.180. The summed E-state index contributed by atoms with van der Waals surface area (Å²) < 4.78 is 1.63. The third-order valence-corrected chi connectivity index (χ3v) is 4.09. The molecule has 1 unspecified atom stereocenters. The molecule has 0 bridgehead atoms. The van der Waals surface area contributed by atoms with Crippen molar-refractivity contribution in [3.63, 3.8) is 0 Å². The highest BCUT2D eigenvalue weighted by Gasteiger charge is 2.11. The highest BCUT2D eigenvalue weighted by atomic mass is 32.1. The van der Waals surface area contributed by atoms with Crippen LogP contribution in [0.5, 0.6) is 0 Å². The second-order valence-electron chi connectivity index (χ2n) is 5.10. The molecule has 7 heteroatoms. The van der Waals surface area contributed by atoms with E-state index in [0.29, 0.717) is 11.4 Å². The van der Waals surface area contributed by atoms with Gasteiger partial charge in [0.05, 0.1) is 6.10 Å². The molecule has 3 rings (SSSR count). The minimum Gasteiger partial charge on any atom is -0.387 e. The average molecular weight is 328 g/mol. The lowest BCUT2D eigenvalue weighted by Gasteiger charge is -2.10. The summed E-state index contributed by atoms with van der Waals surface area (Å²) >= 11 is 1.51. The molecule has 1 aromatic carbocycles. The Morgan fingerprint density at radius 2 is 2.13 bits per heavy atom. The lowest BCUT2D eigenvalue weighted by atomic mass is 10.1. The van der Waals surface area contributed by atoms with E-state index in [9.17, 15) is 9.90 Å². The Hall–Kier alpha value is -2.51. The zero-order valence-electron chi connectivity index (χ0n) is 12.5. The number of rotatable bonds is 5. The van der Waals surface area contributed by atoms with Crippen molar-refractivity contribution in [3.05, 3.63) is 58.5 Å². The fourth-order valence-corrected chi connectivity index (χ4v) is 2.82. The fourth-order valence-electron chi connectivity index (χ4n) is 2.12. The van der Waals surface area contributed by atoms with Gasteiger partial charge >= 0.3 is 0 Å². The van der Waals surface area contributed by atoms with Crippen molar-refractivity contribution in [3.8, 4) is 11.4 Å². The van der Waals surface area contributed by atoms with Gasteiger partial charge in [0.25, 0.3) is 5.91 Å². The van der Waals surface area contributed by atoms with Crippen LogP contribution in [0.3, 0.4) is 0 Å². The largest absolute Gasteiger partial charge is 0.387 e. The molecule has 2 heterocycles. The first-order valence-corrected chi connectivity index (χ1v) is 8.02. The summed E-state index contributed by atoms with van der Waals surface area (Å²) in [5.74, 6) is 0.396. The lowest BCUT2D eigenvalue weighted by molar-refractivity contribution is 0.0916. The highest BCUT2D eigenvalue weighted by Crippen LogP contribution is 2.16. The average Bonchev–Trinajstić information content (AvgIpc) is 3.24. The van der Waals surface area contributed by atoms with Crippen LogP contribution in [0.2, 0.25) is 0 Å². The molecule has 0 fully saturated rings. The van der Waals surface area contributed by atoms with E-state index in [1.807, 2.05) is 16.8 Å². The van der Waals surface area contributed by atoms with Crippen LogP contribution in [0, 0.1) is 0 Å². The lowest BCUT2D eigenvalue weighted by Crippen LogP contribution is -2.28. The molecule has 6 nitrogen and oxygen atoms in total. The number of benzene rings is 1. The molecule has 0 saturated carbocycles. The number of aryl methyl sites for hydroxylation is 1. The molecule has 0 aliphatic carbocycles. The van der Waals surface area contributed by atoms with Crippen LogP contribution in [-0.4, -0.2) is 32.3 Å². The van der Waals surface area contributed by atoms with E-state index in [2.05, 4.69) is 15.4 Å². The summed E-state index contributed by atoms with van der Waals surface area (Å²) in [6.45, 7) is 0.180. The van der Waals surface area contributed by atoms with Crippen LogP contribution in [0.4, 0.5) is 0 Å². The number of aliphatic hydroxyl groups is 1. The van der Waals surface area contributed by atoms with Gasteiger partial charge in [-0.2, -0.15) is 16.4 Å². The van der Waals surface area contributed by atoms with Crippen molar-refractivity contribution < 1.29 is 9.90 Å². The van der Waals surface area contributed by atoms with Gasteiger partial charge in [-0.05, 0) is 34.5 Å². The van der Waals surface area contributed by atoms with E-state index in [4.69, 9.17) is 0 Å². The maximum absolute atomic E-state index is 12.1. The van der Waals surface area contributed by atoms with Gasteiger partial charge in [-0.15, -0.1) is 0 Å². The minimum atomic E-state index is -0.692. The first kappa shape index (κ1) is 15.4. The molecule has 118 valence electrons. The van der Waals surface area contributed by atoms with Gasteiger partial charge in [-0.25, -0.2) is 4.98 Å². The molecule has 0 aliphatic heterocycles. The second kappa shape index (κ2) is 6.72. The summed E-state index contributed by atoms with van der Waals surface area (Å²) in [5, 5.41) is 20.7. The van der Waals surface area contributed by atoms with Crippen LogP contribution in [0.1, 0.15) is 22.0 Å². The zero-order chi connectivity index (χ0) is 16.2. The van der Waals surface area contributed by atoms with Crippen molar-refractivity contribution in [2.24, 2.45) is 7.05 Å². The standard InChI is InChI=1S/C16H16N4O2S/c1-20-10-18-15(19-20)11-2-4-12(5-3-11)16(22)17-8-14(21)13-6-7-23-9-13/h2-7,9-10,14,21H,8H2,1H3,(H,17,22). The van der Waals surface area contributed by atoms with E-state index >= 15 is 0 Å². The normalized spacial score (nSPS) is 12.1. The molecule has 23 heavy (non-hydrogen) atoms. The number of aliphatic hydroxyl groups excluding tert-OH is 1. The SMILES string of the molecule is Cn1cnc(-c2ccc(C(=O)NCC(O)c3ccsc3)cc2)n1. The Labute approximate surface area is 137 Å². The molecule has 2 aromatic heterocycles. The molecule has 0 aliphatic rings. The highest BCUT2D eigenvalue weighted by molar-refractivity contribution is 7.07. The molecule has 0 radical (unpaired) electrons. The molecule has 1 atom stereocenters. The molecule has 2 N–H and O–H groups in total. The summed E-state index contributed by atoms with van der Waals surface area (Å²) in [6.07, 6.45) is 0.934. The Morgan fingerprint density at radius 1 is 1.35 bits per heavy atom. The van der Waals surface area contributed by atoms with Gasteiger partial charge in [0.15, 0.2) is 5.82 Å². The van der Waals surface area contributed by atoms with E-state index in [0.717, 1.165) is 11.1 Å². The molecule has 3 aromatic rings. The first-order chi connectivity index (χ1) is 11.1. The van der Waals surface area contributed by atoms with Crippen molar-refractivity contribution in [2.45, 2.75) is 6.10 Å². The Bertz CT molecular complexity index is 781. The number of aromatic nitrogens is 3. The van der Waals surface area contributed by atoms with Crippen LogP contribution < -0.4 is 5.32 Å². The van der Waals surface area contributed by atoms with Gasteiger partial charge in [-0.3, -0.25) is 9.48 Å². The molecular weight excluding hydrogens is 312 g/mol. The number of carbonyl (C=O) groups excluding carboxylic acids is 1. The maximum atomic E-state index is 12.1. The zero-order valence-corrected chi connectivity index (χ0v) is 13.3. The number of nitrogens with one attached hydrogen (secondary N) is 1. The van der Waals surface area contributed by atoms with E-state index in [1.54, 1.807) is 42.3 Å². The van der Waals surface area contributed by atoms with Crippen LogP contribution >= 0.6 is 11.3 Å².